The van der Waals surface area contributed by atoms with Gasteiger partial charge in [-0.25, -0.2) is 9.78 Å². The molecule has 0 aliphatic heterocycles. The largest absolute Gasteiger partial charge is 0.465 e. The molecule has 0 radical (unpaired) electrons. The van der Waals surface area contributed by atoms with Crippen molar-refractivity contribution in [2.75, 3.05) is 12.4 Å². The van der Waals surface area contributed by atoms with Crippen LogP contribution in [0, 0.1) is 24.0 Å². The number of rotatable bonds is 4. The van der Waals surface area contributed by atoms with Crippen LogP contribution in [0.15, 0.2) is 30.5 Å². The number of carbonyl (C=O) groups is 1. The Balaban J connectivity index is 2.42. The first kappa shape index (κ1) is 15.4. The van der Waals surface area contributed by atoms with Gasteiger partial charge in [0.15, 0.2) is 0 Å². The van der Waals surface area contributed by atoms with Gasteiger partial charge in [-0.3, -0.25) is 10.1 Å². The van der Waals surface area contributed by atoms with Crippen LogP contribution in [0.3, 0.4) is 0 Å². The minimum atomic E-state index is -0.673. The summed E-state index contributed by atoms with van der Waals surface area (Å²) >= 11 is 0. The Bertz CT molecular complexity index is 723. The summed E-state index contributed by atoms with van der Waals surface area (Å²) in [5, 5.41) is 14.1. The molecular weight excluding hydrogens is 286 g/mol. The van der Waals surface area contributed by atoms with Crippen molar-refractivity contribution < 1.29 is 14.5 Å². The van der Waals surface area contributed by atoms with E-state index < -0.39 is 10.9 Å². The van der Waals surface area contributed by atoms with Crippen LogP contribution < -0.4 is 5.32 Å². The molecule has 2 rings (SSSR count). The first-order chi connectivity index (χ1) is 10.4. The van der Waals surface area contributed by atoms with E-state index in [2.05, 4.69) is 15.0 Å². The van der Waals surface area contributed by atoms with Crippen molar-refractivity contribution in [2.45, 2.75) is 13.8 Å². The summed E-state index contributed by atoms with van der Waals surface area (Å²) in [5.74, 6) is -0.601. The summed E-state index contributed by atoms with van der Waals surface area (Å²) in [6.45, 7) is 3.86. The van der Waals surface area contributed by atoms with Gasteiger partial charge in [0.25, 0.3) is 0 Å². The Morgan fingerprint density at radius 2 is 1.86 bits per heavy atom. The monoisotopic (exact) mass is 301 g/mol. The maximum Gasteiger partial charge on any atom is 0.339 e. The number of ether oxygens (including phenoxy) is 1. The zero-order chi connectivity index (χ0) is 16.3. The molecule has 0 aliphatic carbocycles. The van der Waals surface area contributed by atoms with E-state index in [1.807, 2.05) is 32.0 Å². The van der Waals surface area contributed by atoms with Crippen molar-refractivity contribution in [3.63, 3.8) is 0 Å². The molecule has 1 heterocycles. The zero-order valence-electron chi connectivity index (χ0n) is 12.4. The second-order valence-corrected chi connectivity index (χ2v) is 4.84. The molecule has 0 unspecified atom stereocenters. The van der Waals surface area contributed by atoms with E-state index in [9.17, 15) is 14.9 Å². The third-order valence-electron chi connectivity index (χ3n) is 2.97. The number of nitrogens with one attached hydrogen (secondary N) is 1. The average Bonchev–Trinajstić information content (AvgIpc) is 2.45. The number of benzene rings is 1. The van der Waals surface area contributed by atoms with Crippen molar-refractivity contribution in [3.8, 4) is 0 Å². The summed E-state index contributed by atoms with van der Waals surface area (Å²) < 4.78 is 4.54. The molecule has 114 valence electrons. The van der Waals surface area contributed by atoms with Crippen molar-refractivity contribution >= 4 is 23.2 Å². The maximum atomic E-state index is 11.4. The zero-order valence-corrected chi connectivity index (χ0v) is 12.4. The van der Waals surface area contributed by atoms with E-state index in [1.54, 1.807) is 0 Å². The molecule has 1 N–H and O–H groups in total. The summed E-state index contributed by atoms with van der Waals surface area (Å²) in [4.78, 5) is 26.0. The summed E-state index contributed by atoms with van der Waals surface area (Å²) in [5.41, 5.74) is 2.48. The molecule has 0 spiro atoms. The van der Waals surface area contributed by atoms with Gasteiger partial charge >= 0.3 is 11.7 Å². The van der Waals surface area contributed by atoms with Crippen LogP contribution in [0.25, 0.3) is 0 Å². The molecule has 0 fully saturated rings. The molecule has 0 aliphatic rings. The summed E-state index contributed by atoms with van der Waals surface area (Å²) in [6.07, 6.45) is 1.24. The van der Waals surface area contributed by atoms with Crippen molar-refractivity contribution in [1.29, 1.82) is 0 Å². The van der Waals surface area contributed by atoms with Crippen LogP contribution in [0.5, 0.6) is 0 Å². The Morgan fingerprint density at radius 1 is 1.23 bits per heavy atom. The highest BCUT2D eigenvalue weighted by molar-refractivity contribution is 5.90. The molecule has 0 bridgehead atoms. The number of aryl methyl sites for hydroxylation is 2. The number of pyridine rings is 1. The Hall–Kier alpha value is -2.96. The predicted molar refractivity (Wildman–Crippen MR) is 81.4 cm³/mol. The number of hydrogen-bond acceptors (Lipinski definition) is 6. The fourth-order valence-corrected chi connectivity index (χ4v) is 2.10. The van der Waals surface area contributed by atoms with Gasteiger partial charge in [-0.2, -0.15) is 0 Å². The third-order valence-corrected chi connectivity index (χ3v) is 2.97. The fraction of sp³-hybridized carbons (Fsp3) is 0.200. The average molecular weight is 301 g/mol. The van der Waals surface area contributed by atoms with Gasteiger partial charge in [0.1, 0.15) is 0 Å². The van der Waals surface area contributed by atoms with Crippen LogP contribution in [0.4, 0.5) is 17.2 Å². The minimum Gasteiger partial charge on any atom is -0.465 e. The lowest BCUT2D eigenvalue weighted by Crippen LogP contribution is -2.06. The van der Waals surface area contributed by atoms with E-state index in [1.165, 1.54) is 13.3 Å². The number of methoxy groups -OCH3 is 1. The molecule has 0 atom stereocenters. The summed E-state index contributed by atoms with van der Waals surface area (Å²) in [6, 6.07) is 6.84. The number of nitrogens with zero attached hydrogens (tertiary/aromatic N) is 2. The molecular formula is C15H15N3O4. The van der Waals surface area contributed by atoms with Crippen molar-refractivity contribution in [1.82, 2.24) is 4.98 Å². The van der Waals surface area contributed by atoms with E-state index in [0.29, 0.717) is 5.69 Å². The number of carbonyl (C=O) groups excluding carboxylic acids is 1. The lowest BCUT2D eigenvalue weighted by Gasteiger charge is -2.09. The highest BCUT2D eigenvalue weighted by Crippen LogP contribution is 2.27. The Labute approximate surface area is 127 Å². The standard InChI is InChI=1S/C15H15N3O4/c1-9-4-10(2)6-12(5-9)17-14-13(18(20)21)7-11(8-16-14)15(19)22-3/h4-8H,1-3H3,(H,16,17). The Morgan fingerprint density at radius 3 is 2.41 bits per heavy atom. The molecule has 0 saturated carbocycles. The highest BCUT2D eigenvalue weighted by atomic mass is 16.6. The number of esters is 1. The SMILES string of the molecule is COC(=O)c1cnc(Nc2cc(C)cc(C)c2)c([N+](=O)[O-])c1. The van der Waals surface area contributed by atoms with Crippen LogP contribution in [-0.4, -0.2) is 23.0 Å². The number of nitro groups is 1. The second-order valence-electron chi connectivity index (χ2n) is 4.84. The van der Waals surface area contributed by atoms with E-state index in [4.69, 9.17) is 0 Å². The quantitative estimate of drug-likeness (QED) is 0.529. The van der Waals surface area contributed by atoms with Crippen LogP contribution in [-0.2, 0) is 4.74 Å². The lowest BCUT2D eigenvalue weighted by molar-refractivity contribution is -0.384. The molecule has 7 nitrogen and oxygen atoms in total. The molecule has 22 heavy (non-hydrogen) atoms. The van der Waals surface area contributed by atoms with Gasteiger partial charge in [0.05, 0.1) is 17.6 Å². The smallest absolute Gasteiger partial charge is 0.339 e. The van der Waals surface area contributed by atoms with Crippen molar-refractivity contribution in [3.05, 3.63) is 57.3 Å². The predicted octanol–water partition coefficient (Wildman–Crippen LogP) is 3.14. The molecule has 0 saturated heterocycles. The molecule has 0 amide bonds. The summed E-state index contributed by atoms with van der Waals surface area (Å²) in [7, 11) is 1.20. The van der Waals surface area contributed by atoms with Gasteiger partial charge in [0, 0.05) is 18.0 Å². The number of aromatic nitrogens is 1. The lowest BCUT2D eigenvalue weighted by atomic mass is 10.1. The van der Waals surface area contributed by atoms with Crippen LogP contribution in [0.1, 0.15) is 21.5 Å². The maximum absolute atomic E-state index is 11.4. The van der Waals surface area contributed by atoms with Gasteiger partial charge in [-0.15, -0.1) is 0 Å². The molecule has 7 heteroatoms. The van der Waals surface area contributed by atoms with Gasteiger partial charge < -0.3 is 10.1 Å². The molecule has 1 aromatic heterocycles. The van der Waals surface area contributed by atoms with Crippen molar-refractivity contribution in [2.24, 2.45) is 0 Å². The minimum absolute atomic E-state index is 0.0279. The van der Waals surface area contributed by atoms with Gasteiger partial charge in [0.2, 0.25) is 5.82 Å². The molecule has 1 aromatic carbocycles. The van der Waals surface area contributed by atoms with Gasteiger partial charge in [-0.05, 0) is 37.1 Å². The second kappa shape index (κ2) is 6.21. The first-order valence-electron chi connectivity index (χ1n) is 6.49. The fourth-order valence-electron chi connectivity index (χ4n) is 2.10. The first-order valence-corrected chi connectivity index (χ1v) is 6.49. The van der Waals surface area contributed by atoms with Crippen LogP contribution in [0.2, 0.25) is 0 Å². The molecule has 2 aromatic rings. The third kappa shape index (κ3) is 3.38. The van der Waals surface area contributed by atoms with Gasteiger partial charge in [-0.1, -0.05) is 6.07 Å². The van der Waals surface area contributed by atoms with Crippen LogP contribution >= 0.6 is 0 Å². The van der Waals surface area contributed by atoms with E-state index in [0.717, 1.165) is 17.2 Å². The normalized spacial score (nSPS) is 10.1. The van der Waals surface area contributed by atoms with E-state index in [-0.39, 0.29) is 17.1 Å². The Kier molecular flexibility index (Phi) is 4.36. The topological polar surface area (TPSA) is 94.4 Å². The number of anilines is 2. The number of hydrogen-bond donors (Lipinski definition) is 1. The highest BCUT2D eigenvalue weighted by Gasteiger charge is 2.19. The van der Waals surface area contributed by atoms with E-state index >= 15 is 0 Å².